The van der Waals surface area contributed by atoms with Crippen LogP contribution in [-0.4, -0.2) is 69.5 Å². The number of aromatic amines is 1. The second-order valence-electron chi connectivity index (χ2n) is 7.54. The molecule has 3 atom stereocenters. The third kappa shape index (κ3) is 5.79. The summed E-state index contributed by atoms with van der Waals surface area (Å²) in [5.41, 5.74) is 6.23. The van der Waals surface area contributed by atoms with Crippen molar-refractivity contribution in [2.75, 3.05) is 34.8 Å². The first-order valence-electron chi connectivity index (χ1n) is 10.1. The number of fused-ring (bicyclic) bond motifs is 1. The monoisotopic (exact) mass is 473 g/mol. The highest BCUT2D eigenvalue weighted by molar-refractivity contribution is 5.97. The van der Waals surface area contributed by atoms with Gasteiger partial charge in [-0.25, -0.2) is 4.79 Å². The van der Waals surface area contributed by atoms with Crippen LogP contribution in [0.5, 0.6) is 0 Å². The van der Waals surface area contributed by atoms with Crippen LogP contribution in [0, 0.1) is 5.92 Å². The summed E-state index contributed by atoms with van der Waals surface area (Å²) in [4.78, 5) is 64.0. The van der Waals surface area contributed by atoms with E-state index < -0.39 is 41.8 Å². The molecule has 180 valence electrons. The second-order valence-corrected chi connectivity index (χ2v) is 7.54. The zero-order valence-corrected chi connectivity index (χ0v) is 17.7. The molecule has 0 radical (unpaired) electrons. The van der Waals surface area contributed by atoms with E-state index in [0.717, 1.165) is 0 Å². The van der Waals surface area contributed by atoms with Crippen molar-refractivity contribution in [1.29, 1.82) is 0 Å². The molecule has 0 fully saturated rings. The first-order valence-corrected chi connectivity index (χ1v) is 10.1. The Bertz CT molecular complexity index is 1150. The number of aldehydes is 1. The number of hydrogen-bond acceptors (Lipinski definition) is 10. The van der Waals surface area contributed by atoms with Gasteiger partial charge in [0.15, 0.2) is 5.82 Å². The summed E-state index contributed by atoms with van der Waals surface area (Å²) in [6.07, 6.45) is -0.446. The van der Waals surface area contributed by atoms with Crippen molar-refractivity contribution in [3.63, 3.8) is 0 Å². The number of nitrogens with two attached hydrogens (primary N) is 1. The molecule has 1 aliphatic heterocycles. The minimum absolute atomic E-state index is 0.0128. The van der Waals surface area contributed by atoms with Gasteiger partial charge in [0, 0.05) is 24.3 Å². The maximum atomic E-state index is 12.4. The van der Waals surface area contributed by atoms with Crippen LogP contribution in [0.1, 0.15) is 16.8 Å². The molecule has 1 aliphatic rings. The average Bonchev–Trinajstić information content (AvgIpc) is 2.80. The van der Waals surface area contributed by atoms with Crippen molar-refractivity contribution >= 4 is 47.3 Å². The third-order valence-electron chi connectivity index (χ3n) is 5.08. The number of rotatable bonds is 10. The van der Waals surface area contributed by atoms with Gasteiger partial charge in [0.25, 0.3) is 11.5 Å². The van der Waals surface area contributed by atoms with Crippen molar-refractivity contribution in [2.24, 2.45) is 5.92 Å². The van der Waals surface area contributed by atoms with Crippen LogP contribution in [-0.2, 0) is 14.4 Å². The van der Waals surface area contributed by atoms with Gasteiger partial charge in [0.05, 0.1) is 6.04 Å². The van der Waals surface area contributed by atoms with Gasteiger partial charge < -0.3 is 42.0 Å². The minimum Gasteiger partial charge on any atom is -0.481 e. The number of carbonyl (C=O) groups is 4. The first kappa shape index (κ1) is 24.0. The number of nitrogens with one attached hydrogen (secondary N) is 5. The summed E-state index contributed by atoms with van der Waals surface area (Å²) in [5.74, 6) is -4.82. The van der Waals surface area contributed by atoms with E-state index in [9.17, 15) is 29.1 Å². The summed E-state index contributed by atoms with van der Waals surface area (Å²) in [6.45, 7) is 0.899. The molecule has 2 unspecified atom stereocenters. The van der Waals surface area contributed by atoms with Crippen molar-refractivity contribution in [3.8, 4) is 0 Å². The van der Waals surface area contributed by atoms with Crippen molar-refractivity contribution < 1.29 is 29.4 Å². The van der Waals surface area contributed by atoms with Gasteiger partial charge in [-0.05, 0) is 30.7 Å². The highest BCUT2D eigenvalue weighted by atomic mass is 16.4. The van der Waals surface area contributed by atoms with E-state index in [1.165, 1.54) is 12.1 Å². The number of aromatic nitrogens is 2. The van der Waals surface area contributed by atoms with Crippen LogP contribution in [0.25, 0.3) is 0 Å². The third-order valence-corrected chi connectivity index (χ3v) is 5.08. The quantitative estimate of drug-likeness (QED) is 0.156. The standard InChI is InChI=1S/C20H23N7O7/c21-20-26-15-14(17(30)27-20)24-12(7-23-15)6-22-11-3-1-9(2-4-11)16(29)25-13(19(33)34)5-10(8-28)18(31)32/h1-4,8,10,12-13,22,24H,5-7H2,(H,25,29)(H,31,32)(H,33,34)(H4,21,23,26,27,30)/t10?,12?,13-/m0/s1. The molecule has 0 saturated carbocycles. The van der Waals surface area contributed by atoms with Crippen LogP contribution in [0.2, 0.25) is 0 Å². The molecule has 0 saturated heterocycles. The van der Waals surface area contributed by atoms with Crippen molar-refractivity contribution in [1.82, 2.24) is 15.3 Å². The fraction of sp³-hybridized carbons (Fsp3) is 0.300. The number of benzene rings is 1. The topological polar surface area (TPSA) is 229 Å². The van der Waals surface area contributed by atoms with Gasteiger partial charge in [-0.3, -0.25) is 19.4 Å². The van der Waals surface area contributed by atoms with Crippen LogP contribution in [0.4, 0.5) is 23.1 Å². The summed E-state index contributed by atoms with van der Waals surface area (Å²) < 4.78 is 0. The van der Waals surface area contributed by atoms with E-state index in [2.05, 4.69) is 31.2 Å². The lowest BCUT2D eigenvalue weighted by Crippen LogP contribution is -2.43. The molecule has 2 aromatic rings. The molecule has 34 heavy (non-hydrogen) atoms. The predicted octanol–water partition coefficient (Wildman–Crippen LogP) is -0.857. The SMILES string of the molecule is Nc1nc2c(c(=O)[nH]1)NC(CNc1ccc(C(=O)N[C@@H](CC(C=O)C(=O)O)C(=O)O)cc1)CN2. The number of hydrogen-bond donors (Lipinski definition) is 8. The Kier molecular flexibility index (Phi) is 7.30. The molecule has 1 aromatic heterocycles. The van der Waals surface area contributed by atoms with E-state index in [4.69, 9.17) is 10.8 Å². The Labute approximate surface area is 192 Å². The predicted molar refractivity (Wildman–Crippen MR) is 121 cm³/mol. The van der Waals surface area contributed by atoms with Gasteiger partial charge in [0.1, 0.15) is 23.9 Å². The second kappa shape index (κ2) is 10.3. The average molecular weight is 473 g/mol. The van der Waals surface area contributed by atoms with E-state index in [0.29, 0.717) is 24.6 Å². The zero-order chi connectivity index (χ0) is 24.8. The normalized spacial score (nSPS) is 16.1. The number of aliphatic carboxylic acids is 2. The van der Waals surface area contributed by atoms with E-state index in [1.54, 1.807) is 12.1 Å². The summed E-state index contributed by atoms with van der Waals surface area (Å²) in [6, 6.07) is 4.44. The summed E-state index contributed by atoms with van der Waals surface area (Å²) in [5, 5.41) is 29.7. The lowest BCUT2D eigenvalue weighted by molar-refractivity contribution is -0.145. The lowest BCUT2D eigenvalue weighted by Gasteiger charge is -2.27. The number of carboxylic acids is 2. The van der Waals surface area contributed by atoms with Gasteiger partial charge in [0.2, 0.25) is 5.95 Å². The molecule has 1 aromatic carbocycles. The number of carbonyl (C=O) groups excluding carboxylic acids is 2. The van der Waals surface area contributed by atoms with Crippen LogP contribution >= 0.6 is 0 Å². The molecule has 9 N–H and O–H groups in total. The Morgan fingerprint density at radius 3 is 2.53 bits per heavy atom. The first-order chi connectivity index (χ1) is 16.2. The van der Waals surface area contributed by atoms with E-state index >= 15 is 0 Å². The van der Waals surface area contributed by atoms with Gasteiger partial charge in [-0.15, -0.1) is 0 Å². The molecule has 0 spiro atoms. The van der Waals surface area contributed by atoms with Crippen LogP contribution in [0.15, 0.2) is 29.1 Å². The molecule has 14 heteroatoms. The number of carboxylic acid groups (broad SMARTS) is 2. The number of nitrogen functional groups attached to an aromatic ring is 1. The van der Waals surface area contributed by atoms with E-state index in [1.807, 2.05) is 0 Å². The Hall–Kier alpha value is -4.62. The molecule has 3 rings (SSSR count). The molecule has 0 aliphatic carbocycles. The molecule has 2 heterocycles. The van der Waals surface area contributed by atoms with Gasteiger partial charge in [-0.2, -0.15) is 4.98 Å². The summed E-state index contributed by atoms with van der Waals surface area (Å²) in [7, 11) is 0. The van der Waals surface area contributed by atoms with Crippen molar-refractivity contribution in [2.45, 2.75) is 18.5 Å². The highest BCUT2D eigenvalue weighted by Gasteiger charge is 2.28. The number of anilines is 4. The van der Waals surface area contributed by atoms with Crippen molar-refractivity contribution in [3.05, 3.63) is 40.2 Å². The Balaban J connectivity index is 1.56. The maximum Gasteiger partial charge on any atom is 0.326 e. The molecular weight excluding hydrogens is 450 g/mol. The fourth-order valence-electron chi connectivity index (χ4n) is 3.26. The zero-order valence-electron chi connectivity index (χ0n) is 17.7. The highest BCUT2D eigenvalue weighted by Crippen LogP contribution is 2.20. The number of amides is 1. The van der Waals surface area contributed by atoms with Gasteiger partial charge in [-0.1, -0.05) is 0 Å². The van der Waals surface area contributed by atoms with Crippen LogP contribution in [0.3, 0.4) is 0 Å². The minimum atomic E-state index is -1.55. The maximum absolute atomic E-state index is 12.4. The smallest absolute Gasteiger partial charge is 0.326 e. The Morgan fingerprint density at radius 2 is 1.91 bits per heavy atom. The number of nitrogens with zero attached hydrogens (tertiary/aromatic N) is 1. The number of H-pyrrole nitrogens is 1. The Morgan fingerprint density at radius 1 is 1.21 bits per heavy atom. The van der Waals surface area contributed by atoms with Crippen LogP contribution < -0.4 is 32.6 Å². The molecular formula is C20H23N7O7. The van der Waals surface area contributed by atoms with Gasteiger partial charge >= 0.3 is 11.9 Å². The molecule has 1 amide bonds. The van der Waals surface area contributed by atoms with E-state index in [-0.39, 0.29) is 29.5 Å². The fourth-order valence-corrected chi connectivity index (χ4v) is 3.26. The molecule has 0 bridgehead atoms. The molecule has 14 nitrogen and oxygen atoms in total. The largest absolute Gasteiger partial charge is 0.481 e. The lowest BCUT2D eigenvalue weighted by atomic mass is 10.0. The summed E-state index contributed by atoms with van der Waals surface area (Å²) >= 11 is 0.